The summed E-state index contributed by atoms with van der Waals surface area (Å²) in [6.45, 7) is 0.911. The Morgan fingerprint density at radius 3 is 2.41 bits per heavy atom. The summed E-state index contributed by atoms with van der Waals surface area (Å²) in [6, 6.07) is 0. The molecule has 0 saturated heterocycles. The van der Waals surface area contributed by atoms with Gasteiger partial charge in [-0.2, -0.15) is 0 Å². The standard InChI is InChI=1S/C11H22O6/c1-15-11(14)10(17-9-6-13)4-2-3-7-16-8-5-12/h10,12-13H,2-9H2,1H3. The summed E-state index contributed by atoms with van der Waals surface area (Å²) in [5, 5.41) is 17.1. The number of aliphatic hydroxyl groups is 2. The van der Waals surface area contributed by atoms with Crippen LogP contribution >= 0.6 is 0 Å². The highest BCUT2D eigenvalue weighted by Gasteiger charge is 2.18. The summed E-state index contributed by atoms with van der Waals surface area (Å²) in [4.78, 5) is 11.3. The van der Waals surface area contributed by atoms with E-state index in [1.807, 2.05) is 0 Å². The van der Waals surface area contributed by atoms with E-state index in [-0.39, 0.29) is 19.8 Å². The maximum Gasteiger partial charge on any atom is 0.334 e. The number of hydrogen-bond acceptors (Lipinski definition) is 6. The molecule has 0 aromatic rings. The van der Waals surface area contributed by atoms with Gasteiger partial charge in [-0.25, -0.2) is 4.79 Å². The van der Waals surface area contributed by atoms with Gasteiger partial charge in [-0.15, -0.1) is 0 Å². The van der Waals surface area contributed by atoms with E-state index in [0.29, 0.717) is 19.6 Å². The maximum absolute atomic E-state index is 11.3. The van der Waals surface area contributed by atoms with Crippen molar-refractivity contribution in [2.45, 2.75) is 25.4 Å². The molecule has 0 amide bonds. The topological polar surface area (TPSA) is 85.2 Å². The summed E-state index contributed by atoms with van der Waals surface area (Å²) in [6.07, 6.45) is 1.46. The first-order chi connectivity index (χ1) is 8.26. The highest BCUT2D eigenvalue weighted by Crippen LogP contribution is 2.07. The van der Waals surface area contributed by atoms with E-state index in [4.69, 9.17) is 19.7 Å². The van der Waals surface area contributed by atoms with Crippen LogP contribution in [0.25, 0.3) is 0 Å². The summed E-state index contributed by atoms with van der Waals surface area (Å²) in [5.74, 6) is -0.422. The van der Waals surface area contributed by atoms with Crippen LogP contribution in [0.3, 0.4) is 0 Å². The van der Waals surface area contributed by atoms with Crippen molar-refractivity contribution in [2.24, 2.45) is 0 Å². The number of methoxy groups -OCH3 is 1. The predicted molar refractivity (Wildman–Crippen MR) is 60.6 cm³/mol. The van der Waals surface area contributed by atoms with Gasteiger partial charge in [0.15, 0.2) is 6.10 Å². The molecule has 17 heavy (non-hydrogen) atoms. The van der Waals surface area contributed by atoms with E-state index in [9.17, 15) is 4.79 Å². The van der Waals surface area contributed by atoms with E-state index in [2.05, 4.69) is 4.74 Å². The predicted octanol–water partition coefficient (Wildman–Crippen LogP) is -0.284. The van der Waals surface area contributed by atoms with Crippen molar-refractivity contribution in [3.05, 3.63) is 0 Å². The van der Waals surface area contributed by atoms with Gasteiger partial charge in [0.2, 0.25) is 0 Å². The third kappa shape index (κ3) is 9.05. The lowest BCUT2D eigenvalue weighted by atomic mass is 10.1. The Morgan fingerprint density at radius 2 is 1.82 bits per heavy atom. The van der Waals surface area contributed by atoms with E-state index >= 15 is 0 Å². The lowest BCUT2D eigenvalue weighted by Gasteiger charge is -2.14. The molecule has 0 aromatic heterocycles. The molecule has 0 aliphatic rings. The van der Waals surface area contributed by atoms with Gasteiger partial charge in [-0.1, -0.05) is 0 Å². The van der Waals surface area contributed by atoms with Crippen LogP contribution in [-0.2, 0) is 19.0 Å². The van der Waals surface area contributed by atoms with Crippen LogP contribution in [0.5, 0.6) is 0 Å². The minimum atomic E-state index is -0.620. The molecule has 0 aliphatic carbocycles. The van der Waals surface area contributed by atoms with Crippen LogP contribution < -0.4 is 0 Å². The Morgan fingerprint density at radius 1 is 1.12 bits per heavy atom. The number of carbonyl (C=O) groups excluding carboxylic acids is 1. The zero-order valence-corrected chi connectivity index (χ0v) is 10.3. The van der Waals surface area contributed by atoms with Crippen molar-refractivity contribution >= 4 is 5.97 Å². The molecule has 6 nitrogen and oxygen atoms in total. The average molecular weight is 250 g/mol. The van der Waals surface area contributed by atoms with Crippen LogP contribution in [0.4, 0.5) is 0 Å². The molecule has 0 radical (unpaired) electrons. The Kier molecular flexibility index (Phi) is 11.3. The summed E-state index contributed by atoms with van der Waals surface area (Å²) in [5.41, 5.74) is 0. The highest BCUT2D eigenvalue weighted by atomic mass is 16.6. The van der Waals surface area contributed by atoms with Crippen molar-refractivity contribution in [3.63, 3.8) is 0 Å². The van der Waals surface area contributed by atoms with Gasteiger partial charge in [0.25, 0.3) is 0 Å². The van der Waals surface area contributed by atoms with Crippen LogP contribution in [0.15, 0.2) is 0 Å². The Bertz CT molecular complexity index is 185. The molecule has 0 saturated carbocycles. The summed E-state index contributed by atoms with van der Waals surface area (Å²) in [7, 11) is 1.31. The number of ether oxygens (including phenoxy) is 3. The van der Waals surface area contributed by atoms with Crippen molar-refractivity contribution in [3.8, 4) is 0 Å². The smallest absolute Gasteiger partial charge is 0.334 e. The third-order valence-electron chi connectivity index (χ3n) is 2.12. The second-order valence-electron chi connectivity index (χ2n) is 3.44. The number of aliphatic hydroxyl groups excluding tert-OH is 2. The largest absolute Gasteiger partial charge is 0.467 e. The second kappa shape index (κ2) is 11.8. The van der Waals surface area contributed by atoms with Crippen LogP contribution in [0.2, 0.25) is 0 Å². The molecule has 0 fully saturated rings. The van der Waals surface area contributed by atoms with E-state index in [0.717, 1.165) is 12.8 Å². The van der Waals surface area contributed by atoms with Gasteiger partial charge < -0.3 is 24.4 Å². The fourth-order valence-corrected chi connectivity index (χ4v) is 1.30. The van der Waals surface area contributed by atoms with Gasteiger partial charge in [-0.3, -0.25) is 0 Å². The molecule has 0 aliphatic heterocycles. The molecular weight excluding hydrogens is 228 g/mol. The minimum absolute atomic E-state index is 0.0183. The normalized spacial score (nSPS) is 12.4. The van der Waals surface area contributed by atoms with Gasteiger partial charge in [0, 0.05) is 6.61 Å². The maximum atomic E-state index is 11.3. The number of rotatable bonds is 11. The second-order valence-corrected chi connectivity index (χ2v) is 3.44. The number of hydrogen-bond donors (Lipinski definition) is 2. The molecule has 6 heteroatoms. The van der Waals surface area contributed by atoms with Crippen molar-refractivity contribution in [2.75, 3.05) is 40.1 Å². The monoisotopic (exact) mass is 250 g/mol. The molecule has 1 atom stereocenters. The summed E-state index contributed by atoms with van der Waals surface area (Å²) >= 11 is 0. The fraction of sp³-hybridized carbons (Fsp3) is 0.909. The Balaban J connectivity index is 3.64. The third-order valence-corrected chi connectivity index (χ3v) is 2.12. The lowest BCUT2D eigenvalue weighted by Crippen LogP contribution is -2.27. The van der Waals surface area contributed by atoms with Gasteiger partial charge in [0.1, 0.15) is 0 Å². The first-order valence-corrected chi connectivity index (χ1v) is 5.75. The van der Waals surface area contributed by atoms with Crippen molar-refractivity contribution in [1.29, 1.82) is 0 Å². The molecule has 2 N–H and O–H groups in total. The SMILES string of the molecule is COC(=O)C(CCCCOCCO)OCCO. The van der Waals surface area contributed by atoms with E-state index < -0.39 is 12.1 Å². The van der Waals surface area contributed by atoms with Crippen LogP contribution in [0.1, 0.15) is 19.3 Å². The highest BCUT2D eigenvalue weighted by molar-refractivity contribution is 5.74. The molecule has 0 bridgehead atoms. The van der Waals surface area contributed by atoms with E-state index in [1.54, 1.807) is 0 Å². The quantitative estimate of drug-likeness (QED) is 0.387. The van der Waals surface area contributed by atoms with Crippen LogP contribution in [-0.4, -0.2) is 62.4 Å². The van der Waals surface area contributed by atoms with Crippen molar-refractivity contribution < 1.29 is 29.2 Å². The zero-order valence-electron chi connectivity index (χ0n) is 10.3. The molecule has 0 aromatic carbocycles. The van der Waals surface area contributed by atoms with Crippen LogP contribution in [0, 0.1) is 0 Å². The lowest BCUT2D eigenvalue weighted by molar-refractivity contribution is -0.155. The molecular formula is C11H22O6. The minimum Gasteiger partial charge on any atom is -0.467 e. The van der Waals surface area contributed by atoms with Crippen molar-refractivity contribution in [1.82, 2.24) is 0 Å². The van der Waals surface area contributed by atoms with Gasteiger partial charge in [0.05, 0.1) is 33.5 Å². The first-order valence-electron chi connectivity index (χ1n) is 5.75. The number of unbranched alkanes of at least 4 members (excludes halogenated alkanes) is 1. The van der Waals surface area contributed by atoms with Gasteiger partial charge >= 0.3 is 5.97 Å². The molecule has 0 rings (SSSR count). The number of esters is 1. The molecule has 0 heterocycles. The first kappa shape index (κ1) is 16.3. The summed E-state index contributed by atoms with van der Waals surface area (Å²) < 4.78 is 14.8. The fourth-order valence-electron chi connectivity index (χ4n) is 1.30. The van der Waals surface area contributed by atoms with Gasteiger partial charge in [-0.05, 0) is 19.3 Å². The zero-order chi connectivity index (χ0) is 12.9. The Labute approximate surface area is 101 Å². The van der Waals surface area contributed by atoms with E-state index in [1.165, 1.54) is 7.11 Å². The molecule has 0 spiro atoms. The average Bonchev–Trinajstić information content (AvgIpc) is 2.36. The molecule has 1 unspecified atom stereocenters. The Hall–Kier alpha value is -0.690. The molecule has 102 valence electrons. The number of carbonyl (C=O) groups is 1.